The molecule has 1 atom stereocenters. The minimum atomic E-state index is -1.09. The number of primary amides is 1. The third-order valence-corrected chi connectivity index (χ3v) is 2.44. The van der Waals surface area contributed by atoms with Gasteiger partial charge in [0.2, 0.25) is 5.91 Å². The van der Waals surface area contributed by atoms with Gasteiger partial charge in [0.25, 0.3) is 0 Å². The Hall–Kier alpha value is -2.57. The van der Waals surface area contributed by atoms with Gasteiger partial charge in [-0.15, -0.1) is 0 Å². The van der Waals surface area contributed by atoms with E-state index in [4.69, 9.17) is 15.6 Å². The molecule has 0 aliphatic heterocycles. The van der Waals surface area contributed by atoms with Crippen LogP contribution in [0.25, 0.3) is 0 Å². The lowest BCUT2D eigenvalue weighted by molar-refractivity contribution is -0.120. The van der Waals surface area contributed by atoms with E-state index in [-0.39, 0.29) is 5.56 Å². The first-order valence-corrected chi connectivity index (χ1v) is 6.22. The molecule has 0 spiro atoms. The van der Waals surface area contributed by atoms with Crippen LogP contribution in [-0.4, -0.2) is 28.7 Å². The van der Waals surface area contributed by atoms with Crippen molar-refractivity contribution in [2.24, 2.45) is 5.73 Å². The third kappa shape index (κ3) is 5.13. The number of carboxylic acid groups (broad SMARTS) is 1. The summed E-state index contributed by atoms with van der Waals surface area (Å²) < 4.78 is 5.05. The van der Waals surface area contributed by atoms with E-state index in [0.29, 0.717) is 5.56 Å². The Morgan fingerprint density at radius 1 is 1.19 bits per heavy atom. The fourth-order valence-electron chi connectivity index (χ4n) is 1.56. The molecule has 0 aliphatic carbocycles. The van der Waals surface area contributed by atoms with E-state index in [1.807, 2.05) is 0 Å². The summed E-state index contributed by atoms with van der Waals surface area (Å²) in [4.78, 5) is 33.9. The highest BCUT2D eigenvalue weighted by Gasteiger charge is 2.24. The zero-order valence-electron chi connectivity index (χ0n) is 12.0. The van der Waals surface area contributed by atoms with Crippen molar-refractivity contribution in [3.05, 3.63) is 35.4 Å². The molecule has 0 bridgehead atoms. The van der Waals surface area contributed by atoms with Crippen molar-refractivity contribution in [1.29, 1.82) is 0 Å². The summed E-state index contributed by atoms with van der Waals surface area (Å²) in [5.74, 6) is -1.86. The Balaban J connectivity index is 2.89. The molecule has 7 heteroatoms. The molecule has 0 radical (unpaired) electrons. The highest BCUT2D eigenvalue weighted by molar-refractivity contribution is 5.88. The number of carbonyl (C=O) groups is 3. The topological polar surface area (TPSA) is 119 Å². The monoisotopic (exact) mass is 294 g/mol. The van der Waals surface area contributed by atoms with Gasteiger partial charge in [-0.25, -0.2) is 9.59 Å². The fraction of sp³-hybridized carbons (Fsp3) is 0.357. The predicted octanol–water partition coefficient (Wildman–Crippen LogP) is 1.44. The number of hydrogen-bond acceptors (Lipinski definition) is 4. The van der Waals surface area contributed by atoms with Crippen molar-refractivity contribution in [2.75, 3.05) is 0 Å². The maximum Gasteiger partial charge on any atom is 0.408 e. The van der Waals surface area contributed by atoms with E-state index in [0.717, 1.165) is 0 Å². The average molecular weight is 294 g/mol. The number of ether oxygens (including phenoxy) is 1. The van der Waals surface area contributed by atoms with Crippen molar-refractivity contribution >= 4 is 18.0 Å². The van der Waals surface area contributed by atoms with Crippen molar-refractivity contribution in [2.45, 2.75) is 32.4 Å². The number of amides is 2. The first-order chi connectivity index (χ1) is 9.60. The maximum absolute atomic E-state index is 11.7. The van der Waals surface area contributed by atoms with Gasteiger partial charge in [-0.05, 0) is 38.5 Å². The van der Waals surface area contributed by atoms with Gasteiger partial charge >= 0.3 is 12.1 Å². The summed E-state index contributed by atoms with van der Waals surface area (Å²) in [5, 5.41) is 11.2. The largest absolute Gasteiger partial charge is 0.478 e. The SMILES string of the molecule is CC(C)(C)OC(=O)N[C@H](C(N)=O)c1ccc(C(=O)O)cc1. The normalized spacial score (nSPS) is 12.3. The van der Waals surface area contributed by atoms with Crippen LogP contribution in [0.3, 0.4) is 0 Å². The van der Waals surface area contributed by atoms with Gasteiger partial charge < -0.3 is 20.9 Å². The minimum Gasteiger partial charge on any atom is -0.478 e. The predicted molar refractivity (Wildman–Crippen MR) is 74.7 cm³/mol. The summed E-state index contributed by atoms with van der Waals surface area (Å²) in [6, 6.07) is 4.38. The Labute approximate surface area is 122 Å². The lowest BCUT2D eigenvalue weighted by Gasteiger charge is -2.22. The Kier molecular flexibility index (Phi) is 4.91. The molecular formula is C14H18N2O5. The number of nitrogens with one attached hydrogen (secondary N) is 1. The first kappa shape index (κ1) is 16.5. The zero-order valence-corrected chi connectivity index (χ0v) is 12.0. The maximum atomic E-state index is 11.7. The van der Waals surface area contributed by atoms with Crippen LogP contribution in [-0.2, 0) is 9.53 Å². The van der Waals surface area contributed by atoms with Crippen LogP contribution in [0.5, 0.6) is 0 Å². The number of aromatic carboxylic acids is 1. The number of alkyl carbamates (subject to hydrolysis) is 1. The fourth-order valence-corrected chi connectivity index (χ4v) is 1.56. The first-order valence-electron chi connectivity index (χ1n) is 6.22. The van der Waals surface area contributed by atoms with Gasteiger partial charge in [0, 0.05) is 0 Å². The molecule has 4 N–H and O–H groups in total. The summed E-state index contributed by atoms with van der Waals surface area (Å²) in [6.45, 7) is 5.06. The molecule has 1 rings (SSSR count). The molecule has 1 aromatic carbocycles. The zero-order chi connectivity index (χ0) is 16.2. The summed E-state index contributed by atoms with van der Waals surface area (Å²) in [7, 11) is 0. The number of benzene rings is 1. The molecule has 0 aliphatic rings. The molecule has 0 heterocycles. The molecule has 0 aromatic heterocycles. The number of nitrogens with two attached hydrogens (primary N) is 1. The molecular weight excluding hydrogens is 276 g/mol. The second-order valence-corrected chi connectivity index (χ2v) is 5.41. The van der Waals surface area contributed by atoms with Crippen molar-refractivity contribution in [1.82, 2.24) is 5.32 Å². The van der Waals surface area contributed by atoms with E-state index in [1.165, 1.54) is 24.3 Å². The van der Waals surface area contributed by atoms with E-state index in [2.05, 4.69) is 5.32 Å². The van der Waals surface area contributed by atoms with Gasteiger partial charge in [0.15, 0.2) is 0 Å². The van der Waals surface area contributed by atoms with Crippen LogP contribution in [0.4, 0.5) is 4.79 Å². The highest BCUT2D eigenvalue weighted by atomic mass is 16.6. The standard InChI is InChI=1S/C14H18N2O5/c1-14(2,3)21-13(20)16-10(11(15)17)8-4-6-9(7-5-8)12(18)19/h4-7,10H,1-3H3,(H2,15,17)(H,16,20)(H,18,19)/t10-/m0/s1. The van der Waals surface area contributed by atoms with Gasteiger partial charge in [-0.3, -0.25) is 4.79 Å². The van der Waals surface area contributed by atoms with Crippen LogP contribution in [0.2, 0.25) is 0 Å². The third-order valence-electron chi connectivity index (χ3n) is 2.44. The number of carboxylic acids is 1. The van der Waals surface area contributed by atoms with Gasteiger partial charge in [0.05, 0.1) is 5.56 Å². The highest BCUT2D eigenvalue weighted by Crippen LogP contribution is 2.15. The Bertz CT molecular complexity index is 545. The Morgan fingerprint density at radius 2 is 1.71 bits per heavy atom. The van der Waals surface area contributed by atoms with Gasteiger partial charge in [-0.1, -0.05) is 12.1 Å². The second kappa shape index (κ2) is 6.25. The molecule has 7 nitrogen and oxygen atoms in total. The molecule has 114 valence electrons. The summed E-state index contributed by atoms with van der Waals surface area (Å²) in [5.41, 5.74) is 4.99. The molecule has 2 amide bonds. The van der Waals surface area contributed by atoms with Gasteiger partial charge in [-0.2, -0.15) is 0 Å². The quantitative estimate of drug-likeness (QED) is 0.776. The average Bonchev–Trinajstić information content (AvgIpc) is 2.33. The van der Waals surface area contributed by atoms with Gasteiger partial charge in [0.1, 0.15) is 11.6 Å². The van der Waals surface area contributed by atoms with E-state index in [9.17, 15) is 14.4 Å². The molecule has 0 saturated heterocycles. The molecule has 0 unspecified atom stereocenters. The van der Waals surface area contributed by atoms with Crippen molar-refractivity contribution < 1.29 is 24.2 Å². The molecule has 1 aromatic rings. The number of rotatable bonds is 4. The molecule has 0 saturated carbocycles. The second-order valence-electron chi connectivity index (χ2n) is 5.41. The van der Waals surface area contributed by atoms with Crippen molar-refractivity contribution in [3.8, 4) is 0 Å². The minimum absolute atomic E-state index is 0.0687. The number of carbonyl (C=O) groups excluding carboxylic acids is 2. The lowest BCUT2D eigenvalue weighted by atomic mass is 10.0. The number of hydrogen-bond donors (Lipinski definition) is 3. The Morgan fingerprint density at radius 3 is 2.10 bits per heavy atom. The summed E-state index contributed by atoms with van der Waals surface area (Å²) in [6.07, 6.45) is -0.784. The van der Waals surface area contributed by atoms with Crippen LogP contribution in [0, 0.1) is 0 Å². The van der Waals surface area contributed by atoms with Crippen molar-refractivity contribution in [3.63, 3.8) is 0 Å². The van der Waals surface area contributed by atoms with Crippen LogP contribution < -0.4 is 11.1 Å². The van der Waals surface area contributed by atoms with E-state index < -0.39 is 29.6 Å². The van der Waals surface area contributed by atoms with E-state index >= 15 is 0 Å². The van der Waals surface area contributed by atoms with Crippen LogP contribution in [0.1, 0.15) is 42.7 Å². The lowest BCUT2D eigenvalue weighted by Crippen LogP contribution is -2.40. The molecule has 0 fully saturated rings. The van der Waals surface area contributed by atoms with E-state index in [1.54, 1.807) is 20.8 Å². The molecule has 21 heavy (non-hydrogen) atoms. The van der Waals surface area contributed by atoms with Crippen LogP contribution >= 0.6 is 0 Å². The summed E-state index contributed by atoms with van der Waals surface area (Å²) >= 11 is 0. The smallest absolute Gasteiger partial charge is 0.408 e. The van der Waals surface area contributed by atoms with Crippen LogP contribution in [0.15, 0.2) is 24.3 Å².